The average molecular weight is 570 g/mol. The Morgan fingerprint density at radius 2 is 1.40 bits per heavy atom. The summed E-state index contributed by atoms with van der Waals surface area (Å²) >= 11 is 0. The zero-order valence-corrected chi connectivity index (χ0v) is 24.1. The van der Waals surface area contributed by atoms with Gasteiger partial charge in [-0.2, -0.15) is 0 Å². The third-order valence-electron chi connectivity index (χ3n) is 7.28. The highest BCUT2D eigenvalue weighted by atomic mass is 16.5. The van der Waals surface area contributed by atoms with Crippen LogP contribution in [0.5, 0.6) is 11.5 Å². The Balaban J connectivity index is 1.16. The van der Waals surface area contributed by atoms with Gasteiger partial charge in [-0.3, -0.25) is 9.97 Å². The Hall–Kier alpha value is -3.82. The molecular weight excluding hydrogens is 530 g/mol. The quantitative estimate of drug-likeness (QED) is 0.193. The van der Waals surface area contributed by atoms with Crippen LogP contribution in [0.2, 0.25) is 0 Å². The first kappa shape index (κ1) is 29.7. The van der Waals surface area contributed by atoms with E-state index in [0.717, 1.165) is 53.3 Å². The molecule has 8 nitrogen and oxygen atoms in total. The van der Waals surface area contributed by atoms with Crippen molar-refractivity contribution in [3.8, 4) is 11.5 Å². The smallest absolute Gasteiger partial charge is 0.124 e. The normalized spacial score (nSPS) is 18.5. The predicted molar refractivity (Wildman–Crippen MR) is 160 cm³/mol. The molecule has 0 saturated carbocycles. The largest absolute Gasteiger partial charge is 0.496 e. The van der Waals surface area contributed by atoms with Crippen molar-refractivity contribution in [3.63, 3.8) is 0 Å². The fourth-order valence-electron chi connectivity index (χ4n) is 5.13. The minimum Gasteiger partial charge on any atom is -0.496 e. The van der Waals surface area contributed by atoms with Gasteiger partial charge >= 0.3 is 0 Å². The highest BCUT2D eigenvalue weighted by Crippen LogP contribution is 2.32. The second kappa shape index (κ2) is 16.0. The van der Waals surface area contributed by atoms with E-state index >= 15 is 0 Å². The van der Waals surface area contributed by atoms with Gasteiger partial charge in [0.15, 0.2) is 0 Å². The van der Waals surface area contributed by atoms with Gasteiger partial charge < -0.3 is 29.0 Å². The molecule has 0 spiro atoms. The predicted octanol–water partition coefficient (Wildman–Crippen LogP) is 5.33. The summed E-state index contributed by atoms with van der Waals surface area (Å²) in [6.45, 7) is 4.17. The molecule has 1 saturated heterocycles. The van der Waals surface area contributed by atoms with E-state index in [9.17, 15) is 0 Å². The number of pyridine rings is 2. The molecular formula is C34H39N3O5. The van der Waals surface area contributed by atoms with Crippen LogP contribution in [0.25, 0.3) is 0 Å². The highest BCUT2D eigenvalue weighted by Gasteiger charge is 2.36. The molecule has 3 atom stereocenters. The average Bonchev–Trinajstić information content (AvgIpc) is 3.06. The lowest BCUT2D eigenvalue weighted by Crippen LogP contribution is -2.50. The second-order valence-corrected chi connectivity index (χ2v) is 10.2. The van der Waals surface area contributed by atoms with Crippen molar-refractivity contribution in [1.29, 1.82) is 0 Å². The van der Waals surface area contributed by atoms with Crippen molar-refractivity contribution in [2.75, 3.05) is 33.4 Å². The molecule has 1 unspecified atom stereocenters. The fraction of sp³-hybridized carbons (Fsp3) is 0.353. The van der Waals surface area contributed by atoms with Gasteiger partial charge in [0.1, 0.15) is 11.5 Å². The molecule has 8 heteroatoms. The third kappa shape index (κ3) is 8.59. The Bertz CT molecular complexity index is 1270. The Labute approximate surface area is 248 Å². The maximum Gasteiger partial charge on any atom is 0.124 e. The number of piperidine rings is 1. The van der Waals surface area contributed by atoms with Crippen LogP contribution >= 0.6 is 0 Å². The Morgan fingerprint density at radius 3 is 2.02 bits per heavy atom. The summed E-state index contributed by atoms with van der Waals surface area (Å²) in [4.78, 5) is 8.44. The summed E-state index contributed by atoms with van der Waals surface area (Å²) in [5.41, 5.74) is 4.30. The number of nitrogens with zero attached hydrogens (tertiary/aromatic N) is 2. The zero-order chi connectivity index (χ0) is 28.8. The fourth-order valence-corrected chi connectivity index (χ4v) is 5.13. The monoisotopic (exact) mass is 569 g/mol. The minimum absolute atomic E-state index is 0.0528. The van der Waals surface area contributed by atoms with Gasteiger partial charge in [-0.05, 0) is 47.0 Å². The first-order valence-electron chi connectivity index (χ1n) is 14.4. The number of benzene rings is 2. The van der Waals surface area contributed by atoms with Crippen molar-refractivity contribution >= 4 is 0 Å². The molecule has 3 heterocycles. The molecule has 4 aromatic rings. The van der Waals surface area contributed by atoms with Crippen LogP contribution in [0.1, 0.15) is 34.6 Å². The molecule has 0 bridgehead atoms. The zero-order valence-electron chi connectivity index (χ0n) is 24.1. The van der Waals surface area contributed by atoms with E-state index in [1.54, 1.807) is 19.5 Å². The minimum atomic E-state index is -0.0648. The number of rotatable bonds is 15. The van der Waals surface area contributed by atoms with Crippen LogP contribution in [-0.2, 0) is 34.0 Å². The van der Waals surface area contributed by atoms with E-state index in [-0.39, 0.29) is 18.1 Å². The molecule has 42 heavy (non-hydrogen) atoms. The summed E-state index contributed by atoms with van der Waals surface area (Å²) in [5.74, 6) is 1.73. The number of hydrogen-bond acceptors (Lipinski definition) is 8. The number of hydrogen-bond donors (Lipinski definition) is 1. The maximum atomic E-state index is 6.45. The number of nitrogens with one attached hydrogen (secondary N) is 1. The molecule has 1 N–H and O–H groups in total. The van der Waals surface area contributed by atoms with Crippen LogP contribution < -0.4 is 14.8 Å². The molecule has 0 amide bonds. The summed E-state index contributed by atoms with van der Waals surface area (Å²) in [5, 5.41) is 3.51. The van der Waals surface area contributed by atoms with E-state index in [2.05, 4.69) is 27.4 Å². The van der Waals surface area contributed by atoms with Crippen LogP contribution in [-0.4, -0.2) is 55.6 Å². The SMILES string of the molecule is COc1ccccc1COCCCOc1ccc(C2[C@@H](OCc3cccnc3)CNC[C@H]2OCc2cccnc2)cc1. The highest BCUT2D eigenvalue weighted by molar-refractivity contribution is 5.33. The van der Waals surface area contributed by atoms with Gasteiger partial charge in [-0.25, -0.2) is 0 Å². The molecule has 2 aromatic heterocycles. The van der Waals surface area contributed by atoms with E-state index in [0.29, 0.717) is 33.0 Å². The first-order chi connectivity index (χ1) is 20.8. The first-order valence-corrected chi connectivity index (χ1v) is 14.4. The van der Waals surface area contributed by atoms with Gasteiger partial charge in [0, 0.05) is 55.8 Å². The van der Waals surface area contributed by atoms with Crippen LogP contribution in [0.3, 0.4) is 0 Å². The molecule has 1 aliphatic heterocycles. The second-order valence-electron chi connectivity index (χ2n) is 10.2. The standard InChI is InChI=1S/C34H39N3O5/c1-38-31-10-3-2-9-29(31)25-39-17-6-18-40-30-13-11-28(12-14-30)34-32(41-23-26-7-4-15-35-19-26)21-37-22-33(34)42-24-27-8-5-16-36-20-27/h2-5,7-16,19-20,32-34,37H,6,17-18,21-25H2,1H3/t32-,33+,34?. The number of aromatic nitrogens is 2. The van der Waals surface area contributed by atoms with Gasteiger partial charge in [0.05, 0.1) is 52.4 Å². The van der Waals surface area contributed by atoms with E-state index in [1.807, 2.05) is 73.1 Å². The van der Waals surface area contributed by atoms with Crippen LogP contribution in [0, 0.1) is 0 Å². The molecule has 5 rings (SSSR count). The van der Waals surface area contributed by atoms with Gasteiger partial charge in [-0.1, -0.05) is 42.5 Å². The maximum absolute atomic E-state index is 6.45. The number of para-hydroxylation sites is 1. The summed E-state index contributed by atoms with van der Waals surface area (Å²) in [7, 11) is 1.67. The molecule has 1 aliphatic rings. The van der Waals surface area contributed by atoms with Gasteiger partial charge in [0.25, 0.3) is 0 Å². The van der Waals surface area contributed by atoms with Gasteiger partial charge in [0.2, 0.25) is 0 Å². The Kier molecular flexibility index (Phi) is 11.3. The molecule has 0 aliphatic carbocycles. The van der Waals surface area contributed by atoms with Crippen molar-refractivity contribution < 1.29 is 23.7 Å². The lowest BCUT2D eigenvalue weighted by Gasteiger charge is -2.38. The molecule has 0 radical (unpaired) electrons. The van der Waals surface area contributed by atoms with Crippen molar-refractivity contribution in [1.82, 2.24) is 15.3 Å². The van der Waals surface area contributed by atoms with Crippen LogP contribution in [0.15, 0.2) is 97.6 Å². The number of methoxy groups -OCH3 is 1. The summed E-state index contributed by atoms with van der Waals surface area (Å²) in [6, 6.07) is 24.2. The van der Waals surface area contributed by atoms with E-state index in [1.165, 1.54) is 0 Å². The summed E-state index contributed by atoms with van der Waals surface area (Å²) in [6.07, 6.45) is 7.90. The van der Waals surface area contributed by atoms with Crippen molar-refractivity contribution in [3.05, 3.63) is 120 Å². The Morgan fingerprint density at radius 1 is 0.738 bits per heavy atom. The lowest BCUT2D eigenvalue weighted by atomic mass is 9.85. The number of ether oxygens (including phenoxy) is 5. The van der Waals surface area contributed by atoms with Gasteiger partial charge in [-0.15, -0.1) is 0 Å². The molecule has 220 valence electrons. The van der Waals surface area contributed by atoms with Crippen molar-refractivity contribution in [2.24, 2.45) is 0 Å². The molecule has 2 aromatic carbocycles. The summed E-state index contributed by atoms with van der Waals surface area (Å²) < 4.78 is 30.1. The van der Waals surface area contributed by atoms with E-state index in [4.69, 9.17) is 23.7 Å². The lowest BCUT2D eigenvalue weighted by molar-refractivity contribution is -0.0651. The topological polar surface area (TPSA) is 84.0 Å². The van der Waals surface area contributed by atoms with E-state index < -0.39 is 0 Å². The van der Waals surface area contributed by atoms with Crippen molar-refractivity contribution in [2.45, 2.75) is 44.4 Å². The third-order valence-corrected chi connectivity index (χ3v) is 7.28. The van der Waals surface area contributed by atoms with Crippen LogP contribution in [0.4, 0.5) is 0 Å². The molecule has 1 fully saturated rings.